The molecule has 3 aromatic rings. The molecule has 1 amide bonds. The van der Waals surface area contributed by atoms with Crippen LogP contribution in [0.2, 0.25) is 0 Å². The summed E-state index contributed by atoms with van der Waals surface area (Å²) in [6.45, 7) is 1.27. The lowest BCUT2D eigenvalue weighted by Crippen LogP contribution is -2.25. The zero-order chi connectivity index (χ0) is 17.6. The Hall–Kier alpha value is -3.22. The molecule has 0 saturated heterocycles. The van der Waals surface area contributed by atoms with Crippen LogP contribution in [0.4, 0.5) is 4.39 Å². The Balaban J connectivity index is 1.54. The van der Waals surface area contributed by atoms with Gasteiger partial charge in [-0.25, -0.2) is 9.37 Å². The van der Waals surface area contributed by atoms with E-state index in [1.54, 1.807) is 12.5 Å². The molecule has 7 heteroatoms. The number of benzene rings is 1. The molecule has 6 nitrogen and oxygen atoms in total. The monoisotopic (exact) mass is 340 g/mol. The smallest absolute Gasteiger partial charge is 0.267 e. The number of aromatic amines is 1. The van der Waals surface area contributed by atoms with Crippen molar-refractivity contribution in [2.45, 2.75) is 13.0 Å². The maximum atomic E-state index is 12.9. The van der Waals surface area contributed by atoms with E-state index in [-0.39, 0.29) is 11.7 Å². The van der Waals surface area contributed by atoms with Crippen LogP contribution in [0, 0.1) is 5.82 Å². The molecular formula is C18H17FN4O2. The van der Waals surface area contributed by atoms with Gasteiger partial charge in [-0.05, 0) is 36.8 Å². The van der Waals surface area contributed by atoms with Crippen molar-refractivity contribution in [2.75, 3.05) is 6.54 Å². The van der Waals surface area contributed by atoms with Crippen molar-refractivity contribution >= 4 is 11.7 Å². The van der Waals surface area contributed by atoms with Gasteiger partial charge in [-0.1, -0.05) is 0 Å². The predicted octanol–water partition coefficient (Wildman–Crippen LogP) is 2.40. The third-order valence-corrected chi connectivity index (χ3v) is 3.73. The summed E-state index contributed by atoms with van der Waals surface area (Å²) >= 11 is 0. The third-order valence-electron chi connectivity index (χ3n) is 3.73. The van der Waals surface area contributed by atoms with E-state index in [0.717, 1.165) is 13.0 Å². The second kappa shape index (κ2) is 7.57. The van der Waals surface area contributed by atoms with Crippen LogP contribution < -0.4 is 5.32 Å². The summed E-state index contributed by atoms with van der Waals surface area (Å²) in [7, 11) is 0. The maximum Gasteiger partial charge on any atom is 0.267 e. The average Bonchev–Trinajstić information content (AvgIpc) is 3.30. The fourth-order valence-electron chi connectivity index (χ4n) is 2.40. The van der Waals surface area contributed by atoms with Gasteiger partial charge >= 0.3 is 0 Å². The van der Waals surface area contributed by atoms with Crippen molar-refractivity contribution in [3.8, 4) is 0 Å². The number of nitrogens with one attached hydrogen (secondary N) is 2. The van der Waals surface area contributed by atoms with Crippen LogP contribution in [0.3, 0.4) is 0 Å². The number of halogens is 1. The number of aryl methyl sites for hydroxylation is 1. The highest BCUT2D eigenvalue weighted by Gasteiger charge is 2.14. The van der Waals surface area contributed by atoms with Crippen LogP contribution in [-0.4, -0.2) is 32.8 Å². The largest absolute Gasteiger partial charge is 0.356 e. The summed E-state index contributed by atoms with van der Waals surface area (Å²) in [5.74, 6) is -0.944. The molecule has 0 unspecified atom stereocenters. The quantitative estimate of drug-likeness (QED) is 0.512. The van der Waals surface area contributed by atoms with Crippen molar-refractivity contribution in [2.24, 2.45) is 0 Å². The molecule has 2 aromatic heterocycles. The van der Waals surface area contributed by atoms with Crippen molar-refractivity contribution in [3.63, 3.8) is 0 Å². The lowest BCUT2D eigenvalue weighted by atomic mass is 10.1. The normalized spacial score (nSPS) is 10.6. The number of H-pyrrole nitrogens is 1. The van der Waals surface area contributed by atoms with E-state index in [1.165, 1.54) is 36.5 Å². The first-order valence-corrected chi connectivity index (χ1v) is 7.86. The molecule has 0 aliphatic rings. The van der Waals surface area contributed by atoms with Crippen LogP contribution >= 0.6 is 0 Å². The van der Waals surface area contributed by atoms with Gasteiger partial charge in [-0.15, -0.1) is 0 Å². The molecule has 0 aliphatic carbocycles. The fraction of sp³-hybridized carbons (Fsp3) is 0.167. The van der Waals surface area contributed by atoms with Gasteiger partial charge < -0.3 is 14.9 Å². The Labute approximate surface area is 143 Å². The van der Waals surface area contributed by atoms with Crippen LogP contribution in [0.15, 0.2) is 55.2 Å². The second-order valence-corrected chi connectivity index (χ2v) is 5.55. The van der Waals surface area contributed by atoms with E-state index in [9.17, 15) is 14.0 Å². The van der Waals surface area contributed by atoms with Gasteiger partial charge in [-0.3, -0.25) is 9.59 Å². The minimum absolute atomic E-state index is 0.268. The summed E-state index contributed by atoms with van der Waals surface area (Å²) < 4.78 is 14.9. The highest BCUT2D eigenvalue weighted by atomic mass is 19.1. The number of aromatic nitrogens is 3. The summed E-state index contributed by atoms with van der Waals surface area (Å²) in [6.07, 6.45) is 7.54. The zero-order valence-corrected chi connectivity index (χ0v) is 13.4. The number of hydrogen-bond donors (Lipinski definition) is 2. The fourth-order valence-corrected chi connectivity index (χ4v) is 2.40. The van der Waals surface area contributed by atoms with Crippen molar-refractivity contribution < 1.29 is 14.0 Å². The van der Waals surface area contributed by atoms with Crippen LogP contribution in [0.5, 0.6) is 0 Å². The highest BCUT2D eigenvalue weighted by molar-refractivity contribution is 6.10. The summed E-state index contributed by atoms with van der Waals surface area (Å²) in [5.41, 5.74) is 1.04. The van der Waals surface area contributed by atoms with Gasteiger partial charge in [0.2, 0.25) is 0 Å². The van der Waals surface area contributed by atoms with Crippen LogP contribution in [-0.2, 0) is 6.54 Å². The first kappa shape index (κ1) is 16.6. The lowest BCUT2D eigenvalue weighted by molar-refractivity contribution is 0.0948. The number of imidazole rings is 1. The molecule has 2 N–H and O–H groups in total. The molecular weight excluding hydrogens is 323 g/mol. The minimum atomic E-state index is -0.402. The van der Waals surface area contributed by atoms with Crippen molar-refractivity contribution in [1.82, 2.24) is 19.9 Å². The van der Waals surface area contributed by atoms with E-state index in [4.69, 9.17) is 0 Å². The Morgan fingerprint density at radius 2 is 2.00 bits per heavy atom. The van der Waals surface area contributed by atoms with E-state index in [0.29, 0.717) is 23.4 Å². The molecule has 2 heterocycles. The first-order chi connectivity index (χ1) is 12.1. The SMILES string of the molecule is O=C(c1ccc(F)cc1)c1c[nH]c(C(=O)NCCCn2ccnc2)c1. The molecule has 0 atom stereocenters. The molecule has 0 saturated carbocycles. The zero-order valence-electron chi connectivity index (χ0n) is 13.4. The van der Waals surface area contributed by atoms with Gasteiger partial charge in [0.1, 0.15) is 11.5 Å². The van der Waals surface area contributed by atoms with Crippen LogP contribution in [0.25, 0.3) is 0 Å². The Bertz CT molecular complexity index is 854. The molecule has 0 bridgehead atoms. The molecule has 128 valence electrons. The number of rotatable bonds is 7. The number of amides is 1. The third kappa shape index (κ3) is 4.20. The Morgan fingerprint density at radius 3 is 2.72 bits per heavy atom. The van der Waals surface area contributed by atoms with E-state index in [1.807, 2.05) is 10.8 Å². The van der Waals surface area contributed by atoms with Gasteiger partial charge in [0.05, 0.1) is 6.33 Å². The average molecular weight is 340 g/mol. The first-order valence-electron chi connectivity index (χ1n) is 7.86. The number of carbonyl (C=O) groups is 2. The van der Waals surface area contributed by atoms with E-state index < -0.39 is 5.82 Å². The number of ketones is 1. The summed E-state index contributed by atoms with van der Waals surface area (Å²) in [5, 5.41) is 2.80. The minimum Gasteiger partial charge on any atom is -0.356 e. The Morgan fingerprint density at radius 1 is 1.20 bits per heavy atom. The molecule has 1 aromatic carbocycles. The molecule has 25 heavy (non-hydrogen) atoms. The van der Waals surface area contributed by atoms with Crippen molar-refractivity contribution in [3.05, 3.63) is 77.9 Å². The van der Waals surface area contributed by atoms with Gasteiger partial charge in [0, 0.05) is 42.8 Å². The highest BCUT2D eigenvalue weighted by Crippen LogP contribution is 2.12. The van der Waals surface area contributed by atoms with E-state index in [2.05, 4.69) is 15.3 Å². The second-order valence-electron chi connectivity index (χ2n) is 5.55. The molecule has 0 radical (unpaired) electrons. The summed E-state index contributed by atoms with van der Waals surface area (Å²) in [6, 6.07) is 6.79. The van der Waals surface area contributed by atoms with Gasteiger partial charge in [0.25, 0.3) is 5.91 Å². The molecule has 0 aliphatic heterocycles. The molecule has 0 spiro atoms. The predicted molar refractivity (Wildman–Crippen MR) is 89.8 cm³/mol. The van der Waals surface area contributed by atoms with Crippen molar-refractivity contribution in [1.29, 1.82) is 0 Å². The van der Waals surface area contributed by atoms with Gasteiger partial charge in [-0.2, -0.15) is 0 Å². The lowest BCUT2D eigenvalue weighted by Gasteiger charge is -2.04. The van der Waals surface area contributed by atoms with Gasteiger partial charge in [0.15, 0.2) is 5.78 Å². The maximum absolute atomic E-state index is 12.9. The molecule has 0 fully saturated rings. The number of hydrogen-bond acceptors (Lipinski definition) is 3. The number of nitrogens with zero attached hydrogens (tertiary/aromatic N) is 2. The van der Waals surface area contributed by atoms with Crippen LogP contribution in [0.1, 0.15) is 32.8 Å². The Kier molecular flexibility index (Phi) is 5.03. The number of carbonyl (C=O) groups excluding carboxylic acids is 2. The summed E-state index contributed by atoms with van der Waals surface area (Å²) in [4.78, 5) is 31.2. The van der Waals surface area contributed by atoms with E-state index >= 15 is 0 Å². The topological polar surface area (TPSA) is 79.8 Å². The molecule has 3 rings (SSSR count). The standard InChI is InChI=1S/C18H17FN4O2/c19-15-4-2-13(3-5-15)17(24)14-10-16(22-11-14)18(25)21-6-1-8-23-9-7-20-12-23/h2-5,7,9-12,22H,1,6,8H2,(H,21,25).